The van der Waals surface area contributed by atoms with Crippen LogP contribution in [0.5, 0.6) is 5.75 Å². The van der Waals surface area contributed by atoms with Gasteiger partial charge in [-0.2, -0.15) is 0 Å². The molecule has 1 amide bonds. The SMILES string of the molecule is CCOc1ccc(N(C)C(=O)C2(CNC)CC2)cc1. The highest BCUT2D eigenvalue weighted by molar-refractivity contribution is 5.99. The topological polar surface area (TPSA) is 41.6 Å². The van der Waals surface area contributed by atoms with Gasteiger partial charge in [0, 0.05) is 19.3 Å². The third-order valence-corrected chi connectivity index (χ3v) is 3.66. The van der Waals surface area contributed by atoms with Gasteiger partial charge in [0.25, 0.3) is 0 Å². The number of carbonyl (C=O) groups excluding carboxylic acids is 1. The molecule has 2 rings (SSSR count). The Balaban J connectivity index is 2.06. The van der Waals surface area contributed by atoms with Gasteiger partial charge >= 0.3 is 0 Å². The first-order valence-electron chi connectivity index (χ1n) is 6.78. The molecule has 4 heteroatoms. The van der Waals surface area contributed by atoms with Crippen LogP contribution in [0, 0.1) is 5.41 Å². The zero-order valence-corrected chi connectivity index (χ0v) is 11.9. The molecule has 1 aromatic rings. The largest absolute Gasteiger partial charge is 0.494 e. The van der Waals surface area contributed by atoms with Gasteiger partial charge in [0.15, 0.2) is 0 Å². The van der Waals surface area contributed by atoms with E-state index in [-0.39, 0.29) is 11.3 Å². The summed E-state index contributed by atoms with van der Waals surface area (Å²) in [4.78, 5) is 14.2. The van der Waals surface area contributed by atoms with E-state index in [1.54, 1.807) is 4.90 Å². The van der Waals surface area contributed by atoms with Gasteiger partial charge in [-0.15, -0.1) is 0 Å². The fraction of sp³-hybridized carbons (Fsp3) is 0.533. The van der Waals surface area contributed by atoms with Crippen LogP contribution < -0.4 is 15.0 Å². The zero-order chi connectivity index (χ0) is 13.9. The minimum atomic E-state index is -0.178. The predicted molar refractivity (Wildman–Crippen MR) is 76.6 cm³/mol. The van der Waals surface area contributed by atoms with Crippen molar-refractivity contribution in [3.63, 3.8) is 0 Å². The van der Waals surface area contributed by atoms with E-state index in [1.807, 2.05) is 45.3 Å². The van der Waals surface area contributed by atoms with Crippen molar-refractivity contribution in [2.45, 2.75) is 19.8 Å². The fourth-order valence-corrected chi connectivity index (χ4v) is 2.36. The number of benzene rings is 1. The van der Waals surface area contributed by atoms with Gasteiger partial charge in [-0.3, -0.25) is 4.79 Å². The van der Waals surface area contributed by atoms with Crippen molar-refractivity contribution in [2.24, 2.45) is 5.41 Å². The Kier molecular flexibility index (Phi) is 4.10. The van der Waals surface area contributed by atoms with E-state index in [0.29, 0.717) is 6.61 Å². The van der Waals surface area contributed by atoms with Gasteiger partial charge in [0.1, 0.15) is 5.75 Å². The second kappa shape index (κ2) is 5.61. The Morgan fingerprint density at radius 3 is 2.47 bits per heavy atom. The van der Waals surface area contributed by atoms with Crippen molar-refractivity contribution in [3.05, 3.63) is 24.3 Å². The van der Waals surface area contributed by atoms with Crippen LogP contribution in [-0.2, 0) is 4.79 Å². The van der Waals surface area contributed by atoms with Gasteiger partial charge in [0.05, 0.1) is 12.0 Å². The summed E-state index contributed by atoms with van der Waals surface area (Å²) in [6, 6.07) is 7.66. The maximum absolute atomic E-state index is 12.5. The molecule has 1 aliphatic rings. The molecular weight excluding hydrogens is 240 g/mol. The molecule has 0 unspecified atom stereocenters. The average Bonchev–Trinajstić information content (AvgIpc) is 3.20. The smallest absolute Gasteiger partial charge is 0.234 e. The Labute approximate surface area is 114 Å². The van der Waals surface area contributed by atoms with E-state index in [1.165, 1.54) is 0 Å². The maximum atomic E-state index is 12.5. The van der Waals surface area contributed by atoms with E-state index in [0.717, 1.165) is 30.8 Å². The molecule has 0 bridgehead atoms. The summed E-state index contributed by atoms with van der Waals surface area (Å²) in [5.41, 5.74) is 0.734. The molecule has 0 aromatic heterocycles. The van der Waals surface area contributed by atoms with Crippen LogP contribution in [0.3, 0.4) is 0 Å². The molecular formula is C15H22N2O2. The summed E-state index contributed by atoms with van der Waals surface area (Å²) < 4.78 is 5.41. The van der Waals surface area contributed by atoms with Crippen LogP contribution in [0.15, 0.2) is 24.3 Å². The summed E-state index contributed by atoms with van der Waals surface area (Å²) in [6.45, 7) is 3.37. The second-order valence-corrected chi connectivity index (χ2v) is 5.10. The van der Waals surface area contributed by atoms with Crippen LogP contribution in [-0.4, -0.2) is 33.2 Å². The average molecular weight is 262 g/mol. The summed E-state index contributed by atoms with van der Waals surface area (Å²) in [7, 11) is 3.73. The maximum Gasteiger partial charge on any atom is 0.234 e. The van der Waals surface area contributed by atoms with Crippen molar-refractivity contribution in [3.8, 4) is 5.75 Å². The standard InChI is InChI=1S/C15H22N2O2/c1-4-19-13-7-5-12(6-8-13)17(3)14(18)15(9-10-15)11-16-2/h5-8,16H,4,9-11H2,1-3H3. The Morgan fingerprint density at radius 2 is 2.00 bits per heavy atom. The van der Waals surface area contributed by atoms with Gasteiger partial charge in [-0.1, -0.05) is 0 Å². The van der Waals surface area contributed by atoms with Gasteiger partial charge in [-0.05, 0) is 51.1 Å². The molecule has 0 saturated heterocycles. The van der Waals surface area contributed by atoms with Crippen molar-refractivity contribution >= 4 is 11.6 Å². The van der Waals surface area contributed by atoms with E-state index < -0.39 is 0 Å². The highest BCUT2D eigenvalue weighted by Crippen LogP contribution is 2.47. The number of rotatable bonds is 6. The number of hydrogen-bond acceptors (Lipinski definition) is 3. The summed E-state index contributed by atoms with van der Waals surface area (Å²) in [6.07, 6.45) is 1.96. The van der Waals surface area contributed by atoms with E-state index >= 15 is 0 Å². The van der Waals surface area contributed by atoms with Crippen molar-refractivity contribution in [2.75, 3.05) is 32.1 Å². The summed E-state index contributed by atoms with van der Waals surface area (Å²) >= 11 is 0. The zero-order valence-electron chi connectivity index (χ0n) is 11.9. The number of ether oxygens (including phenoxy) is 1. The Hall–Kier alpha value is -1.55. The quantitative estimate of drug-likeness (QED) is 0.853. The van der Waals surface area contributed by atoms with Crippen LogP contribution in [0.4, 0.5) is 5.69 Å². The summed E-state index contributed by atoms with van der Waals surface area (Å²) in [5.74, 6) is 1.04. The molecule has 1 saturated carbocycles. The van der Waals surface area contributed by atoms with Gasteiger partial charge < -0.3 is 15.0 Å². The molecule has 0 spiro atoms. The highest BCUT2D eigenvalue weighted by atomic mass is 16.5. The molecule has 1 fully saturated rings. The first kappa shape index (κ1) is 13.9. The number of amides is 1. The normalized spacial score (nSPS) is 15.9. The first-order chi connectivity index (χ1) is 9.13. The molecule has 1 aliphatic carbocycles. The lowest BCUT2D eigenvalue weighted by Gasteiger charge is -2.23. The Morgan fingerprint density at radius 1 is 1.37 bits per heavy atom. The van der Waals surface area contributed by atoms with Crippen molar-refractivity contribution < 1.29 is 9.53 Å². The molecule has 19 heavy (non-hydrogen) atoms. The molecule has 0 heterocycles. The second-order valence-electron chi connectivity index (χ2n) is 5.10. The first-order valence-corrected chi connectivity index (χ1v) is 6.78. The molecule has 0 radical (unpaired) electrons. The highest BCUT2D eigenvalue weighted by Gasteiger charge is 2.50. The van der Waals surface area contributed by atoms with Crippen LogP contribution in [0.1, 0.15) is 19.8 Å². The van der Waals surface area contributed by atoms with Crippen LogP contribution in [0.25, 0.3) is 0 Å². The number of nitrogens with one attached hydrogen (secondary N) is 1. The minimum Gasteiger partial charge on any atom is -0.494 e. The van der Waals surface area contributed by atoms with E-state index in [2.05, 4.69) is 5.32 Å². The lowest BCUT2D eigenvalue weighted by atomic mass is 10.1. The Bertz CT molecular complexity index is 438. The van der Waals surface area contributed by atoms with E-state index in [9.17, 15) is 4.79 Å². The number of nitrogens with zero attached hydrogens (tertiary/aromatic N) is 1. The molecule has 0 atom stereocenters. The fourth-order valence-electron chi connectivity index (χ4n) is 2.36. The van der Waals surface area contributed by atoms with Gasteiger partial charge in [0.2, 0.25) is 5.91 Å². The van der Waals surface area contributed by atoms with Gasteiger partial charge in [-0.25, -0.2) is 0 Å². The molecule has 1 aromatic carbocycles. The monoisotopic (exact) mass is 262 g/mol. The van der Waals surface area contributed by atoms with Crippen molar-refractivity contribution in [1.82, 2.24) is 5.32 Å². The molecule has 104 valence electrons. The van der Waals surface area contributed by atoms with E-state index in [4.69, 9.17) is 4.74 Å². The lowest BCUT2D eigenvalue weighted by molar-refractivity contribution is -0.123. The van der Waals surface area contributed by atoms with Crippen LogP contribution in [0.2, 0.25) is 0 Å². The predicted octanol–water partition coefficient (Wildman–Crippen LogP) is 2.05. The molecule has 4 nitrogen and oxygen atoms in total. The molecule has 0 aliphatic heterocycles. The third-order valence-electron chi connectivity index (χ3n) is 3.66. The van der Waals surface area contributed by atoms with Crippen molar-refractivity contribution in [1.29, 1.82) is 0 Å². The minimum absolute atomic E-state index is 0.178. The molecule has 1 N–H and O–H groups in total. The summed E-state index contributed by atoms with van der Waals surface area (Å²) in [5, 5.41) is 3.12. The number of carbonyl (C=O) groups is 1. The third kappa shape index (κ3) is 2.89. The number of hydrogen-bond donors (Lipinski definition) is 1. The number of anilines is 1. The van der Waals surface area contributed by atoms with Crippen LogP contribution >= 0.6 is 0 Å². The lowest BCUT2D eigenvalue weighted by Crippen LogP contribution is -2.39.